The summed E-state index contributed by atoms with van der Waals surface area (Å²) in [6, 6.07) is 2.09. The maximum Gasteiger partial charge on any atom is 0.225 e. The van der Waals surface area contributed by atoms with Crippen LogP contribution in [0.4, 0.5) is 0 Å². The first-order chi connectivity index (χ1) is 11.8. The number of fused-ring (bicyclic) bond motifs is 3. The molecule has 0 aromatic carbocycles. The summed E-state index contributed by atoms with van der Waals surface area (Å²) in [5.41, 5.74) is 2.17. The van der Waals surface area contributed by atoms with Crippen molar-refractivity contribution < 1.29 is 4.79 Å². The molecule has 1 unspecified atom stereocenters. The van der Waals surface area contributed by atoms with Crippen LogP contribution in [-0.2, 0) is 4.79 Å². The second-order valence-electron chi connectivity index (χ2n) is 7.09. The summed E-state index contributed by atoms with van der Waals surface area (Å²) in [5.74, 6) is 1.02. The Morgan fingerprint density at radius 1 is 1.21 bits per heavy atom. The van der Waals surface area contributed by atoms with Gasteiger partial charge in [-0.1, -0.05) is 0 Å². The van der Waals surface area contributed by atoms with E-state index >= 15 is 0 Å². The van der Waals surface area contributed by atoms with Gasteiger partial charge in [0.1, 0.15) is 5.65 Å². The Labute approximate surface area is 140 Å². The Bertz CT molecular complexity index is 927. The van der Waals surface area contributed by atoms with Crippen LogP contribution in [0.3, 0.4) is 0 Å². The topological polar surface area (TPSA) is 61.9 Å². The van der Waals surface area contributed by atoms with Crippen LogP contribution in [0.1, 0.15) is 37.2 Å². The van der Waals surface area contributed by atoms with Gasteiger partial charge in [0.15, 0.2) is 0 Å². The van der Waals surface area contributed by atoms with E-state index < -0.39 is 0 Å². The fourth-order valence-electron chi connectivity index (χ4n) is 4.03. The van der Waals surface area contributed by atoms with Gasteiger partial charge in [0.25, 0.3) is 0 Å². The number of hydrogen-bond donors (Lipinski definition) is 1. The Balaban J connectivity index is 1.58. The molecule has 0 radical (unpaired) electrons. The minimum Gasteiger partial charge on any atom is -0.346 e. The monoisotopic (exact) mass is 320 g/mol. The highest BCUT2D eigenvalue weighted by Gasteiger charge is 2.36. The van der Waals surface area contributed by atoms with Gasteiger partial charge in [-0.15, -0.1) is 0 Å². The zero-order valence-corrected chi connectivity index (χ0v) is 13.5. The fourth-order valence-corrected chi connectivity index (χ4v) is 4.03. The van der Waals surface area contributed by atoms with Gasteiger partial charge in [-0.3, -0.25) is 9.78 Å². The molecule has 1 aliphatic carbocycles. The Morgan fingerprint density at radius 2 is 2.12 bits per heavy atom. The number of pyridine rings is 2. The number of likely N-dealkylation sites (tertiary alicyclic amines) is 1. The number of amides is 1. The molecule has 1 saturated heterocycles. The number of nitrogens with zero attached hydrogens (tertiary/aromatic N) is 3. The lowest BCUT2D eigenvalue weighted by Gasteiger charge is -2.33. The third kappa shape index (κ3) is 2.19. The van der Waals surface area contributed by atoms with E-state index in [0.717, 1.165) is 55.2 Å². The number of piperidine rings is 1. The van der Waals surface area contributed by atoms with E-state index in [4.69, 9.17) is 0 Å². The number of rotatable bonds is 2. The number of carbonyl (C=O) groups excluding carboxylic acids is 1. The molecule has 1 atom stereocenters. The van der Waals surface area contributed by atoms with Crippen molar-refractivity contribution in [2.24, 2.45) is 5.92 Å². The first-order valence-corrected chi connectivity index (χ1v) is 8.80. The summed E-state index contributed by atoms with van der Waals surface area (Å²) >= 11 is 0. The third-order valence-corrected chi connectivity index (χ3v) is 5.43. The van der Waals surface area contributed by atoms with Crippen molar-refractivity contribution >= 4 is 27.7 Å². The SMILES string of the molecule is O=C(C1CC1)N1CCCC(c2cncc3cnc4[nH]ccc4c23)C1. The van der Waals surface area contributed by atoms with Crippen LogP contribution >= 0.6 is 0 Å². The molecule has 5 heteroatoms. The molecule has 24 heavy (non-hydrogen) atoms. The summed E-state index contributed by atoms with van der Waals surface area (Å²) in [4.78, 5) is 26.7. The molecular formula is C19H20N4O. The van der Waals surface area contributed by atoms with Crippen molar-refractivity contribution in [2.75, 3.05) is 13.1 Å². The van der Waals surface area contributed by atoms with E-state index in [-0.39, 0.29) is 0 Å². The van der Waals surface area contributed by atoms with E-state index in [9.17, 15) is 4.79 Å². The van der Waals surface area contributed by atoms with Crippen molar-refractivity contribution in [1.82, 2.24) is 19.9 Å². The van der Waals surface area contributed by atoms with Crippen LogP contribution in [0.5, 0.6) is 0 Å². The first-order valence-electron chi connectivity index (χ1n) is 8.80. The molecule has 1 N–H and O–H groups in total. The highest BCUT2D eigenvalue weighted by atomic mass is 16.2. The number of H-pyrrole nitrogens is 1. The van der Waals surface area contributed by atoms with E-state index in [2.05, 4.69) is 25.9 Å². The molecule has 2 fully saturated rings. The zero-order valence-electron chi connectivity index (χ0n) is 13.5. The van der Waals surface area contributed by atoms with Crippen molar-refractivity contribution in [3.63, 3.8) is 0 Å². The standard InChI is InChI=1S/C19H20N4O/c24-19(12-3-4-12)23-7-1-2-13(11-23)16-10-20-8-14-9-22-18-15(17(14)16)5-6-21-18/h5-6,8-10,12-13H,1-4,7,11H2,(H,21,22). The predicted octanol–water partition coefficient (Wildman–Crippen LogP) is 3.23. The second-order valence-corrected chi connectivity index (χ2v) is 7.09. The molecule has 4 heterocycles. The third-order valence-electron chi connectivity index (χ3n) is 5.43. The quantitative estimate of drug-likeness (QED) is 0.788. The summed E-state index contributed by atoms with van der Waals surface area (Å²) in [6.45, 7) is 1.73. The first kappa shape index (κ1) is 14.0. The van der Waals surface area contributed by atoms with Crippen molar-refractivity contribution in [3.05, 3.63) is 36.4 Å². The molecule has 1 saturated carbocycles. The number of nitrogens with one attached hydrogen (secondary N) is 1. The van der Waals surface area contributed by atoms with Gasteiger partial charge < -0.3 is 9.88 Å². The average Bonchev–Trinajstić information content (AvgIpc) is 3.37. The largest absolute Gasteiger partial charge is 0.346 e. The van der Waals surface area contributed by atoms with Crippen LogP contribution in [0.15, 0.2) is 30.9 Å². The van der Waals surface area contributed by atoms with Gasteiger partial charge in [0.05, 0.1) is 0 Å². The lowest BCUT2D eigenvalue weighted by Crippen LogP contribution is -2.40. The van der Waals surface area contributed by atoms with Gasteiger partial charge >= 0.3 is 0 Å². The summed E-state index contributed by atoms with van der Waals surface area (Å²) < 4.78 is 0. The predicted molar refractivity (Wildman–Crippen MR) is 92.7 cm³/mol. The molecule has 5 rings (SSSR count). The van der Waals surface area contributed by atoms with Gasteiger partial charge in [-0.2, -0.15) is 0 Å². The van der Waals surface area contributed by atoms with E-state index in [1.807, 2.05) is 24.8 Å². The molecule has 0 spiro atoms. The minimum absolute atomic E-state index is 0.301. The van der Waals surface area contributed by atoms with Gasteiger partial charge in [-0.25, -0.2) is 4.98 Å². The molecule has 122 valence electrons. The lowest BCUT2D eigenvalue weighted by atomic mass is 9.88. The molecule has 1 aliphatic heterocycles. The maximum absolute atomic E-state index is 12.5. The molecule has 5 nitrogen and oxygen atoms in total. The number of carbonyl (C=O) groups is 1. The van der Waals surface area contributed by atoms with Crippen LogP contribution in [-0.4, -0.2) is 38.8 Å². The summed E-state index contributed by atoms with van der Waals surface area (Å²) in [6.07, 6.45) is 12.0. The van der Waals surface area contributed by atoms with Crippen LogP contribution < -0.4 is 0 Å². The normalized spacial score (nSPS) is 21.5. The van der Waals surface area contributed by atoms with E-state index in [1.54, 1.807) is 0 Å². The fraction of sp³-hybridized carbons (Fsp3) is 0.421. The highest BCUT2D eigenvalue weighted by Crippen LogP contribution is 2.37. The Morgan fingerprint density at radius 3 is 3.00 bits per heavy atom. The van der Waals surface area contributed by atoms with Crippen LogP contribution in [0, 0.1) is 5.92 Å². The molecule has 0 bridgehead atoms. The lowest BCUT2D eigenvalue weighted by molar-refractivity contribution is -0.133. The number of aromatic amines is 1. The van der Waals surface area contributed by atoms with Gasteiger partial charge in [0.2, 0.25) is 5.91 Å². The molecule has 2 aliphatic rings. The summed E-state index contributed by atoms with van der Waals surface area (Å²) in [7, 11) is 0. The molecule has 1 amide bonds. The van der Waals surface area contributed by atoms with Crippen molar-refractivity contribution in [1.29, 1.82) is 0 Å². The molecule has 3 aromatic heterocycles. The zero-order chi connectivity index (χ0) is 16.1. The number of hydrogen-bond acceptors (Lipinski definition) is 3. The Hall–Kier alpha value is -2.43. The molecule has 3 aromatic rings. The Kier molecular flexibility index (Phi) is 3.08. The van der Waals surface area contributed by atoms with Gasteiger partial charge in [0, 0.05) is 65.9 Å². The average molecular weight is 320 g/mol. The van der Waals surface area contributed by atoms with Crippen LogP contribution in [0.2, 0.25) is 0 Å². The van der Waals surface area contributed by atoms with E-state index in [0.29, 0.717) is 17.7 Å². The molecular weight excluding hydrogens is 300 g/mol. The highest BCUT2D eigenvalue weighted by molar-refractivity contribution is 6.06. The van der Waals surface area contributed by atoms with Crippen LogP contribution in [0.25, 0.3) is 21.8 Å². The van der Waals surface area contributed by atoms with E-state index in [1.165, 1.54) is 10.9 Å². The van der Waals surface area contributed by atoms with Crippen molar-refractivity contribution in [3.8, 4) is 0 Å². The minimum atomic E-state index is 0.301. The summed E-state index contributed by atoms with van der Waals surface area (Å²) in [5, 5.41) is 3.46. The smallest absolute Gasteiger partial charge is 0.225 e. The maximum atomic E-state index is 12.5. The number of aromatic nitrogens is 3. The second kappa shape index (κ2) is 5.30. The van der Waals surface area contributed by atoms with Gasteiger partial charge in [-0.05, 0) is 37.3 Å². The van der Waals surface area contributed by atoms with Crippen molar-refractivity contribution in [2.45, 2.75) is 31.6 Å².